The summed E-state index contributed by atoms with van der Waals surface area (Å²) in [5, 5.41) is 9.70. The molecule has 0 bridgehead atoms. The molecule has 1 aliphatic carbocycles. The monoisotopic (exact) mass is 182 g/mol. The van der Waals surface area contributed by atoms with Crippen LogP contribution in [0.3, 0.4) is 0 Å². The number of aliphatic hydroxyl groups excluding tert-OH is 1. The molecule has 1 N–H and O–H groups in total. The van der Waals surface area contributed by atoms with E-state index in [2.05, 4.69) is 34.6 Å². The van der Waals surface area contributed by atoms with Crippen LogP contribution in [0.15, 0.2) is 11.6 Å². The molecule has 0 radical (unpaired) electrons. The van der Waals surface area contributed by atoms with Crippen LogP contribution in [0.5, 0.6) is 0 Å². The lowest BCUT2D eigenvalue weighted by Gasteiger charge is -2.37. The zero-order valence-corrected chi connectivity index (χ0v) is 9.52. The predicted octanol–water partition coefficient (Wildman–Crippen LogP) is 3.14. The zero-order chi connectivity index (χ0) is 10.3. The second-order valence-electron chi connectivity index (χ2n) is 6.05. The van der Waals surface area contributed by atoms with Crippen LogP contribution >= 0.6 is 0 Å². The number of rotatable bonds is 0. The Morgan fingerprint density at radius 2 is 1.92 bits per heavy atom. The first-order valence-corrected chi connectivity index (χ1v) is 5.10. The van der Waals surface area contributed by atoms with E-state index < -0.39 is 0 Å². The Balaban J connectivity index is 2.88. The van der Waals surface area contributed by atoms with E-state index in [0.29, 0.717) is 0 Å². The summed E-state index contributed by atoms with van der Waals surface area (Å²) in [5.74, 6) is 0. The summed E-state index contributed by atoms with van der Waals surface area (Å²) < 4.78 is 0. The fourth-order valence-corrected chi connectivity index (χ4v) is 2.02. The first kappa shape index (κ1) is 10.8. The molecule has 0 saturated carbocycles. The third-order valence-corrected chi connectivity index (χ3v) is 2.79. The number of aliphatic hydroxyl groups is 1. The average Bonchev–Trinajstić information content (AvgIpc) is 1.79. The van der Waals surface area contributed by atoms with Crippen LogP contribution in [0, 0.1) is 10.8 Å². The van der Waals surface area contributed by atoms with E-state index in [1.54, 1.807) is 0 Å². The maximum absolute atomic E-state index is 9.70. The number of allylic oxidation sites excluding steroid dienone is 1. The number of hydrogen-bond acceptors (Lipinski definition) is 1. The minimum absolute atomic E-state index is 0.207. The lowest BCUT2D eigenvalue weighted by Crippen LogP contribution is -2.29. The largest absolute Gasteiger partial charge is 0.389 e. The Bertz CT molecular complexity index is 218. The summed E-state index contributed by atoms with van der Waals surface area (Å²) in [6.07, 6.45) is 3.82. The quantitative estimate of drug-likeness (QED) is 0.571. The van der Waals surface area contributed by atoms with E-state index in [4.69, 9.17) is 0 Å². The van der Waals surface area contributed by atoms with Gasteiger partial charge < -0.3 is 5.11 Å². The van der Waals surface area contributed by atoms with E-state index in [0.717, 1.165) is 12.8 Å². The van der Waals surface area contributed by atoms with Gasteiger partial charge in [0.1, 0.15) is 0 Å². The van der Waals surface area contributed by atoms with Gasteiger partial charge in [-0.2, -0.15) is 0 Å². The Morgan fingerprint density at radius 3 is 2.31 bits per heavy atom. The molecule has 0 saturated heterocycles. The highest BCUT2D eigenvalue weighted by Gasteiger charge is 2.31. The van der Waals surface area contributed by atoms with Crippen molar-refractivity contribution in [1.29, 1.82) is 0 Å². The SMILES string of the molecule is CC1(C)CC(C(C)(C)C)=CC(O)C1. The van der Waals surface area contributed by atoms with Gasteiger partial charge in [0.15, 0.2) is 0 Å². The third kappa shape index (κ3) is 2.84. The molecule has 0 fully saturated rings. The van der Waals surface area contributed by atoms with Crippen molar-refractivity contribution in [2.45, 2.75) is 53.6 Å². The van der Waals surface area contributed by atoms with E-state index >= 15 is 0 Å². The predicted molar refractivity (Wildman–Crippen MR) is 56.6 cm³/mol. The van der Waals surface area contributed by atoms with Gasteiger partial charge in [0.05, 0.1) is 6.10 Å². The topological polar surface area (TPSA) is 20.2 Å². The molecule has 1 heteroatoms. The van der Waals surface area contributed by atoms with Crippen molar-refractivity contribution in [3.05, 3.63) is 11.6 Å². The molecule has 0 heterocycles. The van der Waals surface area contributed by atoms with Gasteiger partial charge in [-0.15, -0.1) is 0 Å². The maximum Gasteiger partial charge on any atom is 0.0728 e. The summed E-state index contributed by atoms with van der Waals surface area (Å²) in [4.78, 5) is 0. The second-order valence-corrected chi connectivity index (χ2v) is 6.05. The van der Waals surface area contributed by atoms with Crippen LogP contribution in [0.25, 0.3) is 0 Å². The standard InChI is InChI=1S/C12H22O/c1-11(2,3)9-6-10(13)8-12(4,5)7-9/h6,10,13H,7-8H2,1-5H3. The van der Waals surface area contributed by atoms with E-state index in [1.165, 1.54) is 5.57 Å². The highest BCUT2D eigenvalue weighted by Crippen LogP contribution is 2.42. The second kappa shape index (κ2) is 3.13. The van der Waals surface area contributed by atoms with Crippen molar-refractivity contribution in [3.63, 3.8) is 0 Å². The van der Waals surface area contributed by atoms with Crippen molar-refractivity contribution in [2.24, 2.45) is 10.8 Å². The van der Waals surface area contributed by atoms with Gasteiger partial charge in [0, 0.05) is 0 Å². The summed E-state index contributed by atoms with van der Waals surface area (Å²) in [7, 11) is 0. The van der Waals surface area contributed by atoms with Gasteiger partial charge in [-0.05, 0) is 23.7 Å². The normalized spacial score (nSPS) is 28.5. The molecular formula is C12H22O. The summed E-state index contributed by atoms with van der Waals surface area (Å²) in [5.41, 5.74) is 1.87. The minimum atomic E-state index is -0.238. The van der Waals surface area contributed by atoms with Gasteiger partial charge in [0.25, 0.3) is 0 Å². The Hall–Kier alpha value is -0.300. The van der Waals surface area contributed by atoms with Gasteiger partial charge in [0.2, 0.25) is 0 Å². The lowest BCUT2D eigenvalue weighted by molar-refractivity contribution is 0.131. The molecular weight excluding hydrogens is 160 g/mol. The minimum Gasteiger partial charge on any atom is -0.389 e. The molecule has 1 atom stereocenters. The van der Waals surface area contributed by atoms with Crippen molar-refractivity contribution in [1.82, 2.24) is 0 Å². The van der Waals surface area contributed by atoms with E-state index in [-0.39, 0.29) is 16.9 Å². The van der Waals surface area contributed by atoms with Crippen molar-refractivity contribution in [3.8, 4) is 0 Å². The molecule has 1 aliphatic rings. The highest BCUT2D eigenvalue weighted by atomic mass is 16.3. The van der Waals surface area contributed by atoms with E-state index in [9.17, 15) is 5.11 Å². The molecule has 0 aromatic rings. The van der Waals surface area contributed by atoms with Crippen LogP contribution in [-0.2, 0) is 0 Å². The van der Waals surface area contributed by atoms with Crippen LogP contribution in [0.2, 0.25) is 0 Å². The smallest absolute Gasteiger partial charge is 0.0728 e. The molecule has 0 amide bonds. The van der Waals surface area contributed by atoms with Crippen molar-refractivity contribution in [2.75, 3.05) is 0 Å². The molecule has 0 aromatic heterocycles. The van der Waals surface area contributed by atoms with E-state index in [1.807, 2.05) is 6.08 Å². The number of hydrogen-bond donors (Lipinski definition) is 1. The van der Waals surface area contributed by atoms with Crippen molar-refractivity contribution >= 4 is 0 Å². The molecule has 1 rings (SSSR count). The molecule has 1 nitrogen and oxygen atoms in total. The molecule has 0 aromatic carbocycles. The molecule has 13 heavy (non-hydrogen) atoms. The fraction of sp³-hybridized carbons (Fsp3) is 0.833. The van der Waals surface area contributed by atoms with Crippen molar-refractivity contribution < 1.29 is 5.11 Å². The van der Waals surface area contributed by atoms with Gasteiger partial charge in [-0.3, -0.25) is 0 Å². The molecule has 0 spiro atoms. The first-order chi connectivity index (χ1) is 5.71. The van der Waals surface area contributed by atoms with Crippen LogP contribution in [0.4, 0.5) is 0 Å². The van der Waals surface area contributed by atoms with Gasteiger partial charge in [-0.1, -0.05) is 46.3 Å². The summed E-state index contributed by atoms with van der Waals surface area (Å²) >= 11 is 0. The highest BCUT2D eigenvalue weighted by molar-refractivity contribution is 5.18. The van der Waals surface area contributed by atoms with Crippen LogP contribution in [-0.4, -0.2) is 11.2 Å². The van der Waals surface area contributed by atoms with Crippen LogP contribution in [0.1, 0.15) is 47.5 Å². The average molecular weight is 182 g/mol. The Kier molecular flexibility index (Phi) is 2.59. The first-order valence-electron chi connectivity index (χ1n) is 5.10. The molecule has 1 unspecified atom stereocenters. The fourth-order valence-electron chi connectivity index (χ4n) is 2.02. The maximum atomic E-state index is 9.70. The van der Waals surface area contributed by atoms with Gasteiger partial charge in [-0.25, -0.2) is 0 Å². The van der Waals surface area contributed by atoms with Crippen LogP contribution < -0.4 is 0 Å². The summed E-state index contributed by atoms with van der Waals surface area (Å²) in [6.45, 7) is 11.1. The van der Waals surface area contributed by atoms with Gasteiger partial charge >= 0.3 is 0 Å². The Labute approximate surface area is 81.9 Å². The summed E-state index contributed by atoms with van der Waals surface area (Å²) in [6, 6.07) is 0. The Morgan fingerprint density at radius 1 is 1.38 bits per heavy atom. The zero-order valence-electron chi connectivity index (χ0n) is 9.52. The lowest BCUT2D eigenvalue weighted by atomic mass is 9.69. The third-order valence-electron chi connectivity index (χ3n) is 2.79. The molecule has 0 aliphatic heterocycles. The molecule has 76 valence electrons.